The van der Waals surface area contributed by atoms with Gasteiger partial charge in [-0.1, -0.05) is 0 Å². The van der Waals surface area contributed by atoms with E-state index in [1.165, 1.54) is 6.20 Å². The van der Waals surface area contributed by atoms with Gasteiger partial charge in [-0.25, -0.2) is 4.98 Å². The van der Waals surface area contributed by atoms with E-state index in [4.69, 9.17) is 0 Å². The van der Waals surface area contributed by atoms with Crippen LogP contribution in [0.25, 0.3) is 0 Å². The summed E-state index contributed by atoms with van der Waals surface area (Å²) in [6.07, 6.45) is -2.74. The summed E-state index contributed by atoms with van der Waals surface area (Å²) in [4.78, 5) is 7.92. The highest BCUT2D eigenvalue weighted by atomic mass is 19.4. The minimum absolute atomic E-state index is 0.0433. The second-order valence-corrected chi connectivity index (χ2v) is 3.11. The molecule has 0 amide bonds. The third-order valence-electron chi connectivity index (χ3n) is 1.70. The number of nitrogens with one attached hydrogen (secondary N) is 2. The van der Waals surface area contributed by atoms with Gasteiger partial charge in [0, 0.05) is 19.8 Å². The Labute approximate surface area is 96.4 Å². The number of nitrogens with zero attached hydrogens (tertiary/aromatic N) is 2. The van der Waals surface area contributed by atoms with Gasteiger partial charge in [-0.15, -0.1) is 0 Å². The Hall–Kier alpha value is -1.57. The Kier molecular flexibility index (Phi) is 4.95. The first-order valence-electron chi connectivity index (χ1n) is 4.90. The first-order valence-corrected chi connectivity index (χ1v) is 4.90. The van der Waals surface area contributed by atoms with E-state index in [-0.39, 0.29) is 13.2 Å². The van der Waals surface area contributed by atoms with Gasteiger partial charge in [-0.3, -0.25) is 0 Å². The van der Waals surface area contributed by atoms with Crippen LogP contribution < -0.4 is 10.6 Å². The maximum atomic E-state index is 11.7. The number of hydrogen-bond donors (Lipinski definition) is 2. The zero-order chi connectivity index (χ0) is 12.7. The van der Waals surface area contributed by atoms with Crippen molar-refractivity contribution in [1.82, 2.24) is 9.97 Å². The first-order chi connectivity index (χ1) is 8.01. The van der Waals surface area contributed by atoms with Crippen LogP contribution in [0, 0.1) is 0 Å². The van der Waals surface area contributed by atoms with E-state index in [1.54, 1.807) is 13.1 Å². The van der Waals surface area contributed by atoms with Crippen molar-refractivity contribution in [3.8, 4) is 0 Å². The molecule has 1 heterocycles. The molecule has 0 aliphatic rings. The largest absolute Gasteiger partial charge is 0.411 e. The molecule has 17 heavy (non-hydrogen) atoms. The predicted octanol–water partition coefficient (Wildman–Crippen LogP) is 1.51. The van der Waals surface area contributed by atoms with Crippen LogP contribution in [0.4, 0.5) is 24.9 Å². The van der Waals surface area contributed by atoms with Crippen LogP contribution in [0.15, 0.2) is 12.3 Å². The van der Waals surface area contributed by atoms with Crippen LogP contribution in [0.1, 0.15) is 0 Å². The average molecular weight is 250 g/mol. The molecule has 2 N–H and O–H groups in total. The maximum absolute atomic E-state index is 11.7. The number of halogens is 3. The summed E-state index contributed by atoms with van der Waals surface area (Å²) in [6, 6.07) is 1.62. The van der Waals surface area contributed by atoms with Crippen molar-refractivity contribution in [2.24, 2.45) is 0 Å². The number of hydrogen-bond acceptors (Lipinski definition) is 5. The van der Waals surface area contributed by atoms with Crippen molar-refractivity contribution < 1.29 is 17.9 Å². The van der Waals surface area contributed by atoms with Gasteiger partial charge >= 0.3 is 6.18 Å². The van der Waals surface area contributed by atoms with Gasteiger partial charge in [0.05, 0.1) is 6.61 Å². The second kappa shape index (κ2) is 6.24. The molecule has 0 fully saturated rings. The first kappa shape index (κ1) is 13.5. The molecule has 0 aromatic carbocycles. The molecule has 0 unspecified atom stereocenters. The van der Waals surface area contributed by atoms with Crippen LogP contribution in [-0.4, -0.2) is 43.0 Å². The average Bonchev–Trinajstić information content (AvgIpc) is 2.27. The summed E-state index contributed by atoms with van der Waals surface area (Å²) < 4.78 is 39.6. The van der Waals surface area contributed by atoms with E-state index >= 15 is 0 Å². The summed E-state index contributed by atoms with van der Waals surface area (Å²) >= 11 is 0. The molecule has 0 spiro atoms. The number of ether oxygens (including phenoxy) is 1. The molecule has 0 bridgehead atoms. The van der Waals surface area contributed by atoms with E-state index in [1.807, 2.05) is 0 Å². The lowest BCUT2D eigenvalue weighted by Crippen LogP contribution is -2.20. The second-order valence-electron chi connectivity index (χ2n) is 3.11. The SMILES string of the molecule is CNc1nccc(NCCOCC(F)(F)F)n1. The van der Waals surface area contributed by atoms with Gasteiger partial charge in [0.2, 0.25) is 5.95 Å². The van der Waals surface area contributed by atoms with Crippen molar-refractivity contribution in [2.75, 3.05) is 37.4 Å². The van der Waals surface area contributed by atoms with Gasteiger partial charge in [-0.2, -0.15) is 18.2 Å². The molecule has 1 aromatic heterocycles. The lowest BCUT2D eigenvalue weighted by Gasteiger charge is -2.09. The topological polar surface area (TPSA) is 59.1 Å². The van der Waals surface area contributed by atoms with Crippen LogP contribution in [0.2, 0.25) is 0 Å². The molecule has 5 nitrogen and oxygen atoms in total. The molecular weight excluding hydrogens is 237 g/mol. The smallest absolute Gasteiger partial charge is 0.370 e. The molecule has 1 aromatic rings. The van der Waals surface area contributed by atoms with E-state index < -0.39 is 12.8 Å². The number of aromatic nitrogens is 2. The van der Waals surface area contributed by atoms with Crippen LogP contribution >= 0.6 is 0 Å². The van der Waals surface area contributed by atoms with Crippen molar-refractivity contribution in [3.63, 3.8) is 0 Å². The third kappa shape index (κ3) is 5.91. The summed E-state index contributed by atoms with van der Waals surface area (Å²) in [6.45, 7) is -1.03. The minimum Gasteiger partial charge on any atom is -0.370 e. The quantitative estimate of drug-likeness (QED) is 0.749. The Bertz CT molecular complexity index is 345. The van der Waals surface area contributed by atoms with Crippen molar-refractivity contribution >= 4 is 11.8 Å². The molecule has 0 aliphatic heterocycles. The fourth-order valence-corrected chi connectivity index (χ4v) is 1.02. The predicted molar refractivity (Wildman–Crippen MR) is 56.9 cm³/mol. The Morgan fingerprint density at radius 2 is 2.18 bits per heavy atom. The van der Waals surface area contributed by atoms with Crippen molar-refractivity contribution in [1.29, 1.82) is 0 Å². The van der Waals surface area contributed by atoms with Gasteiger partial charge in [0.1, 0.15) is 12.4 Å². The number of rotatable bonds is 6. The Balaban J connectivity index is 2.22. The molecule has 0 radical (unpaired) electrons. The molecule has 0 saturated carbocycles. The Morgan fingerprint density at radius 1 is 1.41 bits per heavy atom. The maximum Gasteiger partial charge on any atom is 0.411 e. The highest BCUT2D eigenvalue weighted by Crippen LogP contribution is 2.14. The van der Waals surface area contributed by atoms with E-state index in [0.29, 0.717) is 11.8 Å². The number of anilines is 2. The highest BCUT2D eigenvalue weighted by molar-refractivity contribution is 5.38. The highest BCUT2D eigenvalue weighted by Gasteiger charge is 2.27. The zero-order valence-corrected chi connectivity index (χ0v) is 9.21. The molecule has 0 aliphatic carbocycles. The van der Waals surface area contributed by atoms with Gasteiger partial charge in [0.25, 0.3) is 0 Å². The van der Waals surface area contributed by atoms with Gasteiger partial charge < -0.3 is 15.4 Å². The fraction of sp³-hybridized carbons (Fsp3) is 0.556. The summed E-state index contributed by atoms with van der Waals surface area (Å²) in [5.74, 6) is 0.964. The normalized spacial score (nSPS) is 11.3. The summed E-state index contributed by atoms with van der Waals surface area (Å²) in [7, 11) is 1.67. The van der Waals surface area contributed by atoms with Crippen molar-refractivity contribution in [2.45, 2.75) is 6.18 Å². The van der Waals surface area contributed by atoms with E-state index in [9.17, 15) is 13.2 Å². The standard InChI is InChI=1S/C9H13F3N4O/c1-13-8-15-3-2-7(16-8)14-4-5-17-6-9(10,11)12/h2-3H,4-6H2,1H3,(H2,13,14,15,16). The van der Waals surface area contributed by atoms with Crippen LogP contribution in [-0.2, 0) is 4.74 Å². The van der Waals surface area contributed by atoms with Gasteiger partial charge in [0.15, 0.2) is 0 Å². The van der Waals surface area contributed by atoms with Crippen molar-refractivity contribution in [3.05, 3.63) is 12.3 Å². The van der Waals surface area contributed by atoms with Crippen LogP contribution in [0.5, 0.6) is 0 Å². The van der Waals surface area contributed by atoms with Crippen LogP contribution in [0.3, 0.4) is 0 Å². The van der Waals surface area contributed by atoms with Gasteiger partial charge in [-0.05, 0) is 6.07 Å². The zero-order valence-electron chi connectivity index (χ0n) is 9.21. The molecule has 1 rings (SSSR count). The molecule has 96 valence electrons. The third-order valence-corrected chi connectivity index (χ3v) is 1.70. The Morgan fingerprint density at radius 3 is 2.82 bits per heavy atom. The molecule has 8 heteroatoms. The molecular formula is C9H13F3N4O. The monoisotopic (exact) mass is 250 g/mol. The minimum atomic E-state index is -4.28. The number of alkyl halides is 3. The molecule has 0 atom stereocenters. The summed E-state index contributed by atoms with van der Waals surface area (Å²) in [5.41, 5.74) is 0. The summed E-state index contributed by atoms with van der Waals surface area (Å²) in [5, 5.41) is 5.57. The lowest BCUT2D eigenvalue weighted by atomic mass is 10.5. The lowest BCUT2D eigenvalue weighted by molar-refractivity contribution is -0.172. The fourth-order valence-electron chi connectivity index (χ4n) is 1.02. The van der Waals surface area contributed by atoms with E-state index in [0.717, 1.165) is 0 Å². The van der Waals surface area contributed by atoms with E-state index in [2.05, 4.69) is 25.3 Å². The molecule has 0 saturated heterocycles.